The van der Waals surface area contributed by atoms with Crippen LogP contribution in [0.5, 0.6) is 5.75 Å². The van der Waals surface area contributed by atoms with Crippen LogP contribution in [0.25, 0.3) is 0 Å². The zero-order valence-electron chi connectivity index (χ0n) is 8.26. The zero-order chi connectivity index (χ0) is 10.9. The third-order valence-corrected chi connectivity index (χ3v) is 4.38. The molecule has 0 aliphatic carbocycles. The Morgan fingerprint density at radius 3 is 2.47 bits per heavy atom. The van der Waals surface area contributed by atoms with Gasteiger partial charge in [-0.2, -0.15) is 0 Å². The fraction of sp³-hybridized carbons (Fsp3) is 0.400. The lowest BCUT2D eigenvalue weighted by molar-refractivity contribution is -0.605. The Kier molecular flexibility index (Phi) is 2.67. The van der Waals surface area contributed by atoms with Gasteiger partial charge in [0.2, 0.25) is 0 Å². The quantitative estimate of drug-likeness (QED) is 0.543. The molecule has 15 heavy (non-hydrogen) atoms. The summed E-state index contributed by atoms with van der Waals surface area (Å²) in [4.78, 5) is 0. The van der Waals surface area contributed by atoms with Gasteiger partial charge < -0.3 is 10.4 Å². The summed E-state index contributed by atoms with van der Waals surface area (Å²) in [5.41, 5.74) is 0.968. The minimum absolute atomic E-state index is 0.125. The van der Waals surface area contributed by atoms with E-state index in [0.717, 1.165) is 5.69 Å². The molecule has 82 valence electrons. The van der Waals surface area contributed by atoms with Gasteiger partial charge in [-0.05, 0) is 12.1 Å². The summed E-state index contributed by atoms with van der Waals surface area (Å²) < 4.78 is 22.5. The minimum atomic E-state index is -2.80. The smallest absolute Gasteiger partial charge is 0.156 e. The average Bonchev–Trinajstić information content (AvgIpc) is 2.50. The Hall–Kier alpha value is -1.07. The van der Waals surface area contributed by atoms with Crippen LogP contribution in [0.1, 0.15) is 6.42 Å². The van der Waals surface area contributed by atoms with Gasteiger partial charge in [-0.3, -0.25) is 0 Å². The predicted molar refractivity (Wildman–Crippen MR) is 56.8 cm³/mol. The molecule has 0 saturated carbocycles. The van der Waals surface area contributed by atoms with E-state index in [9.17, 15) is 8.42 Å². The van der Waals surface area contributed by atoms with Crippen LogP contribution in [0.4, 0.5) is 5.69 Å². The maximum atomic E-state index is 11.2. The van der Waals surface area contributed by atoms with E-state index in [-0.39, 0.29) is 17.5 Å². The molecule has 1 saturated heterocycles. The van der Waals surface area contributed by atoms with Crippen molar-refractivity contribution in [3.05, 3.63) is 24.3 Å². The number of rotatable bonds is 2. The molecular weight excluding hydrogens is 214 g/mol. The second-order valence-corrected chi connectivity index (χ2v) is 6.15. The van der Waals surface area contributed by atoms with Crippen LogP contribution in [0, 0.1) is 0 Å². The van der Waals surface area contributed by atoms with Crippen LogP contribution >= 0.6 is 0 Å². The highest BCUT2D eigenvalue weighted by atomic mass is 32.2. The SMILES string of the molecule is O=S1(=O)CCC([NH2+]c2ccc(O)cc2)C1. The van der Waals surface area contributed by atoms with E-state index in [1.165, 1.54) is 0 Å². The Morgan fingerprint density at radius 1 is 1.27 bits per heavy atom. The molecule has 0 amide bonds. The van der Waals surface area contributed by atoms with Crippen molar-refractivity contribution < 1.29 is 18.8 Å². The molecule has 0 aromatic heterocycles. The van der Waals surface area contributed by atoms with Gasteiger partial charge in [0.25, 0.3) is 0 Å². The van der Waals surface area contributed by atoms with Gasteiger partial charge in [0.1, 0.15) is 23.2 Å². The van der Waals surface area contributed by atoms with Crippen LogP contribution in [-0.4, -0.2) is 31.1 Å². The maximum Gasteiger partial charge on any atom is 0.156 e. The first-order chi connectivity index (χ1) is 7.05. The number of nitrogens with two attached hydrogens (primary N) is 1. The summed E-state index contributed by atoms with van der Waals surface area (Å²) in [5.74, 6) is 0.784. The van der Waals surface area contributed by atoms with Crippen LogP contribution in [0.2, 0.25) is 0 Å². The fourth-order valence-corrected chi connectivity index (χ4v) is 3.56. The zero-order valence-corrected chi connectivity index (χ0v) is 9.07. The molecule has 0 radical (unpaired) electrons. The highest BCUT2D eigenvalue weighted by Gasteiger charge is 2.30. The summed E-state index contributed by atoms with van der Waals surface area (Å²) >= 11 is 0. The molecule has 0 spiro atoms. The van der Waals surface area contributed by atoms with Crippen molar-refractivity contribution in [3.63, 3.8) is 0 Å². The summed E-state index contributed by atoms with van der Waals surface area (Å²) in [5, 5.41) is 11.1. The summed E-state index contributed by atoms with van der Waals surface area (Å²) in [6.45, 7) is 0. The van der Waals surface area contributed by atoms with Crippen molar-refractivity contribution in [2.24, 2.45) is 0 Å². The normalized spacial score (nSPS) is 24.1. The molecule has 5 heteroatoms. The van der Waals surface area contributed by atoms with Gasteiger partial charge in [-0.25, -0.2) is 8.42 Å². The first-order valence-corrected chi connectivity index (χ1v) is 6.72. The number of quaternary nitrogens is 1. The number of hydrogen-bond acceptors (Lipinski definition) is 3. The van der Waals surface area contributed by atoms with Crippen LogP contribution in [-0.2, 0) is 9.84 Å². The Balaban J connectivity index is 2.02. The molecule has 1 fully saturated rings. The van der Waals surface area contributed by atoms with E-state index in [0.29, 0.717) is 12.2 Å². The second kappa shape index (κ2) is 3.83. The molecule has 1 heterocycles. The predicted octanol–water partition coefficient (Wildman–Crippen LogP) is -0.226. The number of sulfone groups is 1. The highest BCUT2D eigenvalue weighted by Crippen LogP contribution is 2.12. The van der Waals surface area contributed by atoms with Crippen molar-refractivity contribution in [2.75, 3.05) is 11.5 Å². The van der Waals surface area contributed by atoms with Crippen LogP contribution < -0.4 is 5.32 Å². The van der Waals surface area contributed by atoms with Gasteiger partial charge in [-0.1, -0.05) is 0 Å². The van der Waals surface area contributed by atoms with Gasteiger partial charge in [0.15, 0.2) is 9.84 Å². The van der Waals surface area contributed by atoms with E-state index < -0.39 is 9.84 Å². The topological polar surface area (TPSA) is 71.0 Å². The van der Waals surface area contributed by atoms with Crippen molar-refractivity contribution in [2.45, 2.75) is 12.5 Å². The van der Waals surface area contributed by atoms with Gasteiger partial charge in [0.05, 0.1) is 5.75 Å². The van der Waals surface area contributed by atoms with E-state index in [1.54, 1.807) is 24.3 Å². The summed E-state index contributed by atoms with van der Waals surface area (Å²) in [7, 11) is -2.80. The maximum absolute atomic E-state index is 11.2. The highest BCUT2D eigenvalue weighted by molar-refractivity contribution is 7.91. The molecule has 1 aromatic carbocycles. The van der Waals surface area contributed by atoms with E-state index in [2.05, 4.69) is 0 Å². The van der Waals surface area contributed by atoms with Gasteiger partial charge in [-0.15, -0.1) is 0 Å². The molecule has 0 bridgehead atoms. The molecule has 3 N–H and O–H groups in total. The van der Waals surface area contributed by atoms with Gasteiger partial charge >= 0.3 is 0 Å². The minimum Gasteiger partial charge on any atom is -0.508 e. The Bertz CT molecular complexity index is 438. The van der Waals surface area contributed by atoms with E-state index in [1.807, 2.05) is 5.32 Å². The average molecular weight is 228 g/mol. The van der Waals surface area contributed by atoms with Crippen LogP contribution in [0.15, 0.2) is 24.3 Å². The molecule has 1 aromatic rings. The molecule has 2 rings (SSSR count). The van der Waals surface area contributed by atoms with Crippen molar-refractivity contribution >= 4 is 15.5 Å². The number of phenolic OH excluding ortho intramolecular Hbond substituents is 1. The molecule has 1 atom stereocenters. The summed E-state index contributed by atoms with van der Waals surface area (Å²) in [6, 6.07) is 6.92. The van der Waals surface area contributed by atoms with Crippen molar-refractivity contribution in [3.8, 4) is 5.75 Å². The lowest BCUT2D eigenvalue weighted by Crippen LogP contribution is -2.85. The Labute approximate surface area is 88.9 Å². The van der Waals surface area contributed by atoms with Crippen molar-refractivity contribution in [1.29, 1.82) is 0 Å². The molecular formula is C10H14NO3S+. The summed E-state index contributed by atoms with van der Waals surface area (Å²) in [6.07, 6.45) is 0.712. The van der Waals surface area contributed by atoms with E-state index >= 15 is 0 Å². The third kappa shape index (κ3) is 2.70. The number of aromatic hydroxyl groups is 1. The lowest BCUT2D eigenvalue weighted by Gasteiger charge is -2.06. The fourth-order valence-electron chi connectivity index (χ4n) is 1.81. The first-order valence-electron chi connectivity index (χ1n) is 4.89. The number of hydrogen-bond donors (Lipinski definition) is 2. The molecule has 4 nitrogen and oxygen atoms in total. The number of benzene rings is 1. The van der Waals surface area contributed by atoms with Crippen LogP contribution in [0.3, 0.4) is 0 Å². The molecule has 1 aliphatic heterocycles. The van der Waals surface area contributed by atoms with E-state index in [4.69, 9.17) is 5.11 Å². The van der Waals surface area contributed by atoms with Crippen molar-refractivity contribution in [1.82, 2.24) is 0 Å². The lowest BCUT2D eigenvalue weighted by atomic mass is 10.2. The van der Waals surface area contributed by atoms with Gasteiger partial charge in [0, 0.05) is 18.6 Å². The molecule has 1 unspecified atom stereocenters. The molecule has 1 aliphatic rings. The Morgan fingerprint density at radius 2 is 1.93 bits per heavy atom. The first kappa shape index (κ1) is 10.4. The third-order valence-electron chi connectivity index (χ3n) is 2.59. The largest absolute Gasteiger partial charge is 0.508 e. The second-order valence-electron chi connectivity index (χ2n) is 3.92. The monoisotopic (exact) mass is 228 g/mol. The number of phenols is 1. The standard InChI is InChI=1S/C10H13NO3S/c12-10-3-1-8(2-4-10)11-9-5-6-15(13,14)7-9/h1-4,9,11-12H,5-7H2/p+1.